The fourth-order valence-corrected chi connectivity index (χ4v) is 1.74. The summed E-state index contributed by atoms with van der Waals surface area (Å²) < 4.78 is 18.3. The second-order valence-electron chi connectivity index (χ2n) is 4.19. The number of aromatic carboxylic acids is 1. The monoisotopic (exact) mass is 289 g/mol. The summed E-state index contributed by atoms with van der Waals surface area (Å²) in [5.41, 5.74) is 0.425. The maximum Gasteiger partial charge on any atom is 0.335 e. The molecule has 0 bridgehead atoms. The molecule has 2 rings (SSSR count). The van der Waals surface area contributed by atoms with Crippen LogP contribution in [-0.4, -0.2) is 24.1 Å². The molecule has 0 fully saturated rings. The number of carbonyl (C=O) groups is 2. The van der Waals surface area contributed by atoms with Gasteiger partial charge < -0.3 is 15.2 Å². The Balaban J connectivity index is 2.20. The highest BCUT2D eigenvalue weighted by atomic mass is 19.1. The Hall–Kier alpha value is -2.89. The van der Waals surface area contributed by atoms with E-state index in [1.54, 1.807) is 0 Å². The minimum Gasteiger partial charge on any atom is -0.494 e. The number of hydrogen-bond donors (Lipinski definition) is 2. The van der Waals surface area contributed by atoms with Gasteiger partial charge in [-0.15, -0.1) is 0 Å². The number of benzene rings is 2. The quantitative estimate of drug-likeness (QED) is 0.907. The average Bonchev–Trinajstić information content (AvgIpc) is 2.47. The summed E-state index contributed by atoms with van der Waals surface area (Å²) >= 11 is 0. The molecule has 0 aliphatic heterocycles. The van der Waals surface area contributed by atoms with Crippen molar-refractivity contribution in [1.82, 2.24) is 0 Å². The number of nitrogens with one attached hydrogen (secondary N) is 1. The smallest absolute Gasteiger partial charge is 0.335 e. The summed E-state index contributed by atoms with van der Waals surface area (Å²) in [5.74, 6) is -2.18. The second kappa shape index (κ2) is 6.04. The maximum absolute atomic E-state index is 13.5. The molecule has 6 heteroatoms. The summed E-state index contributed by atoms with van der Waals surface area (Å²) in [6, 6.07) is 9.57. The third-order valence-electron chi connectivity index (χ3n) is 2.78. The third-order valence-corrected chi connectivity index (χ3v) is 2.78. The Morgan fingerprint density at radius 1 is 1.14 bits per heavy atom. The molecule has 0 heterocycles. The standard InChI is InChI=1S/C15H12FNO4/c1-21-13-6-5-11(8-12(13)16)17-14(18)9-3-2-4-10(7-9)15(19)20/h2-8H,1H3,(H,17,18)(H,19,20). The largest absolute Gasteiger partial charge is 0.494 e. The summed E-state index contributed by atoms with van der Waals surface area (Å²) in [6.07, 6.45) is 0. The van der Waals surface area contributed by atoms with Gasteiger partial charge >= 0.3 is 5.97 Å². The molecule has 0 spiro atoms. The van der Waals surface area contributed by atoms with Crippen LogP contribution in [0.1, 0.15) is 20.7 Å². The van der Waals surface area contributed by atoms with Crippen molar-refractivity contribution in [3.8, 4) is 5.75 Å². The fraction of sp³-hybridized carbons (Fsp3) is 0.0667. The Labute approximate surface area is 120 Å². The first-order valence-electron chi connectivity index (χ1n) is 5.99. The normalized spacial score (nSPS) is 10.0. The van der Waals surface area contributed by atoms with Gasteiger partial charge in [0.15, 0.2) is 11.6 Å². The first-order chi connectivity index (χ1) is 10.0. The van der Waals surface area contributed by atoms with E-state index in [-0.39, 0.29) is 22.6 Å². The van der Waals surface area contributed by atoms with E-state index in [0.29, 0.717) is 0 Å². The van der Waals surface area contributed by atoms with Gasteiger partial charge in [0.05, 0.1) is 12.7 Å². The molecule has 5 nitrogen and oxygen atoms in total. The molecular formula is C15H12FNO4. The highest BCUT2D eigenvalue weighted by Crippen LogP contribution is 2.21. The molecule has 0 atom stereocenters. The lowest BCUT2D eigenvalue weighted by Gasteiger charge is -2.08. The predicted molar refractivity (Wildman–Crippen MR) is 74.3 cm³/mol. The molecule has 0 aliphatic carbocycles. The molecule has 0 saturated heterocycles. The molecule has 2 N–H and O–H groups in total. The topological polar surface area (TPSA) is 75.6 Å². The van der Waals surface area contributed by atoms with Crippen molar-refractivity contribution < 1.29 is 23.8 Å². The average molecular weight is 289 g/mol. The summed E-state index contributed by atoms with van der Waals surface area (Å²) in [5, 5.41) is 11.4. The second-order valence-corrected chi connectivity index (χ2v) is 4.19. The Kier molecular flexibility index (Phi) is 4.18. The van der Waals surface area contributed by atoms with Crippen molar-refractivity contribution in [3.63, 3.8) is 0 Å². The van der Waals surface area contributed by atoms with Gasteiger partial charge in [-0.25, -0.2) is 9.18 Å². The first kappa shape index (κ1) is 14.5. The Bertz CT molecular complexity index is 700. The van der Waals surface area contributed by atoms with Gasteiger partial charge in [0.25, 0.3) is 5.91 Å². The van der Waals surface area contributed by atoms with Crippen molar-refractivity contribution in [3.05, 3.63) is 59.4 Å². The van der Waals surface area contributed by atoms with E-state index >= 15 is 0 Å². The molecule has 0 aliphatic rings. The minimum atomic E-state index is -1.12. The molecule has 1 amide bonds. The lowest BCUT2D eigenvalue weighted by Crippen LogP contribution is -2.13. The molecule has 2 aromatic rings. The van der Waals surface area contributed by atoms with E-state index in [4.69, 9.17) is 9.84 Å². The number of amides is 1. The minimum absolute atomic E-state index is 0.00330. The van der Waals surface area contributed by atoms with E-state index in [1.165, 1.54) is 43.5 Å². The van der Waals surface area contributed by atoms with Crippen LogP contribution in [0, 0.1) is 5.82 Å². The van der Waals surface area contributed by atoms with Crippen LogP contribution in [0.2, 0.25) is 0 Å². The maximum atomic E-state index is 13.5. The van der Waals surface area contributed by atoms with Gasteiger partial charge in [-0.05, 0) is 30.3 Å². The van der Waals surface area contributed by atoms with Crippen LogP contribution in [0.15, 0.2) is 42.5 Å². The Morgan fingerprint density at radius 3 is 2.48 bits per heavy atom. The van der Waals surface area contributed by atoms with Gasteiger partial charge in [0.2, 0.25) is 0 Å². The van der Waals surface area contributed by atoms with Crippen LogP contribution >= 0.6 is 0 Å². The van der Waals surface area contributed by atoms with Crippen LogP contribution in [0.25, 0.3) is 0 Å². The number of rotatable bonds is 4. The summed E-state index contributed by atoms with van der Waals surface area (Å²) in [6.45, 7) is 0. The van der Waals surface area contributed by atoms with Crippen LogP contribution in [-0.2, 0) is 0 Å². The molecule has 2 aromatic carbocycles. The van der Waals surface area contributed by atoms with Gasteiger partial charge in [0.1, 0.15) is 0 Å². The van der Waals surface area contributed by atoms with Crippen molar-refractivity contribution in [2.24, 2.45) is 0 Å². The SMILES string of the molecule is COc1ccc(NC(=O)c2cccc(C(=O)O)c2)cc1F. The molecule has 108 valence electrons. The zero-order valence-corrected chi connectivity index (χ0v) is 11.1. The highest BCUT2D eigenvalue weighted by molar-refractivity contribution is 6.05. The number of methoxy groups -OCH3 is 1. The summed E-state index contributed by atoms with van der Waals surface area (Å²) in [7, 11) is 1.34. The lowest BCUT2D eigenvalue weighted by atomic mass is 10.1. The van der Waals surface area contributed by atoms with Crippen molar-refractivity contribution in [2.45, 2.75) is 0 Å². The molecule has 0 aromatic heterocycles. The van der Waals surface area contributed by atoms with Gasteiger partial charge in [-0.3, -0.25) is 4.79 Å². The number of carbonyl (C=O) groups excluding carboxylic acids is 1. The zero-order chi connectivity index (χ0) is 15.4. The van der Waals surface area contributed by atoms with Crippen LogP contribution in [0.5, 0.6) is 5.75 Å². The number of ether oxygens (including phenoxy) is 1. The molecule has 0 saturated carbocycles. The molecule has 0 unspecified atom stereocenters. The highest BCUT2D eigenvalue weighted by Gasteiger charge is 2.11. The zero-order valence-electron chi connectivity index (χ0n) is 11.1. The number of carboxylic acid groups (broad SMARTS) is 1. The van der Waals surface area contributed by atoms with E-state index in [0.717, 1.165) is 6.07 Å². The third kappa shape index (κ3) is 3.36. The Morgan fingerprint density at radius 2 is 1.86 bits per heavy atom. The number of hydrogen-bond acceptors (Lipinski definition) is 3. The van der Waals surface area contributed by atoms with E-state index < -0.39 is 17.7 Å². The molecule has 21 heavy (non-hydrogen) atoms. The van der Waals surface area contributed by atoms with Gasteiger partial charge in [-0.1, -0.05) is 6.07 Å². The van der Waals surface area contributed by atoms with E-state index in [9.17, 15) is 14.0 Å². The van der Waals surface area contributed by atoms with Crippen LogP contribution < -0.4 is 10.1 Å². The van der Waals surface area contributed by atoms with Gasteiger partial charge in [-0.2, -0.15) is 0 Å². The van der Waals surface area contributed by atoms with E-state index in [2.05, 4.69) is 5.32 Å². The first-order valence-corrected chi connectivity index (χ1v) is 5.99. The number of anilines is 1. The summed E-state index contributed by atoms with van der Waals surface area (Å²) in [4.78, 5) is 22.9. The molecular weight excluding hydrogens is 277 g/mol. The lowest BCUT2D eigenvalue weighted by molar-refractivity contribution is 0.0697. The number of carboxylic acids is 1. The van der Waals surface area contributed by atoms with Crippen molar-refractivity contribution in [1.29, 1.82) is 0 Å². The van der Waals surface area contributed by atoms with Gasteiger partial charge in [0, 0.05) is 17.3 Å². The van der Waals surface area contributed by atoms with Crippen LogP contribution in [0.3, 0.4) is 0 Å². The number of halogens is 1. The van der Waals surface area contributed by atoms with Crippen LogP contribution in [0.4, 0.5) is 10.1 Å². The predicted octanol–water partition coefficient (Wildman–Crippen LogP) is 2.78. The van der Waals surface area contributed by atoms with Crippen molar-refractivity contribution in [2.75, 3.05) is 12.4 Å². The fourth-order valence-electron chi connectivity index (χ4n) is 1.74. The van der Waals surface area contributed by atoms with Crippen molar-refractivity contribution >= 4 is 17.6 Å². The van der Waals surface area contributed by atoms with E-state index in [1.807, 2.05) is 0 Å². The molecule has 0 radical (unpaired) electrons.